The summed E-state index contributed by atoms with van der Waals surface area (Å²) in [6.07, 6.45) is 1.50. The summed E-state index contributed by atoms with van der Waals surface area (Å²) in [4.78, 5) is 17.8. The van der Waals surface area contributed by atoms with Crippen LogP contribution in [-0.2, 0) is 6.54 Å². The summed E-state index contributed by atoms with van der Waals surface area (Å²) in [7, 11) is 3.86. The number of benzene rings is 1. The molecule has 2 aromatic rings. The molecular weight excluding hydrogens is 257 g/mol. The Labute approximate surface area is 117 Å². The van der Waals surface area contributed by atoms with Crippen LogP contribution in [0.2, 0.25) is 0 Å². The van der Waals surface area contributed by atoms with Gasteiger partial charge in [-0.3, -0.25) is 9.78 Å². The smallest absolute Gasteiger partial charge is 0.251 e. The van der Waals surface area contributed by atoms with Crippen molar-refractivity contribution in [3.63, 3.8) is 0 Å². The van der Waals surface area contributed by atoms with Crippen molar-refractivity contribution in [1.82, 2.24) is 10.3 Å². The summed E-state index contributed by atoms with van der Waals surface area (Å²) in [6, 6.07) is 10.0. The lowest BCUT2D eigenvalue weighted by Crippen LogP contribution is -2.24. The predicted octanol–water partition coefficient (Wildman–Crippen LogP) is 2.22. The van der Waals surface area contributed by atoms with Crippen molar-refractivity contribution in [2.75, 3.05) is 19.0 Å². The van der Waals surface area contributed by atoms with Crippen LogP contribution in [0, 0.1) is 5.82 Å². The number of nitrogens with one attached hydrogen (secondary N) is 1. The van der Waals surface area contributed by atoms with Crippen LogP contribution < -0.4 is 10.2 Å². The number of hydrogen-bond acceptors (Lipinski definition) is 3. The standard InChI is InChI=1S/C15H16FN3O/c1-19(2)12-7-5-11(6-8-12)15(20)18-10-14-13(16)4-3-9-17-14/h3-9H,10H2,1-2H3,(H,18,20). The minimum Gasteiger partial charge on any atom is -0.378 e. The third-order valence-corrected chi connectivity index (χ3v) is 2.90. The van der Waals surface area contributed by atoms with E-state index >= 15 is 0 Å². The molecule has 0 aliphatic rings. The maximum Gasteiger partial charge on any atom is 0.251 e. The first-order valence-corrected chi connectivity index (χ1v) is 6.23. The lowest BCUT2D eigenvalue weighted by Gasteiger charge is -2.12. The lowest BCUT2D eigenvalue weighted by molar-refractivity contribution is 0.0950. The number of hydrogen-bond donors (Lipinski definition) is 1. The molecule has 0 fully saturated rings. The number of halogens is 1. The molecule has 4 nitrogen and oxygen atoms in total. The molecule has 0 spiro atoms. The van der Waals surface area contributed by atoms with Crippen LogP contribution in [0.1, 0.15) is 16.1 Å². The first kappa shape index (κ1) is 14.0. The largest absolute Gasteiger partial charge is 0.378 e. The number of pyridine rings is 1. The second kappa shape index (κ2) is 6.14. The molecule has 1 heterocycles. The van der Waals surface area contributed by atoms with Gasteiger partial charge >= 0.3 is 0 Å². The van der Waals surface area contributed by atoms with Crippen molar-refractivity contribution in [3.8, 4) is 0 Å². The van der Waals surface area contributed by atoms with Crippen molar-refractivity contribution < 1.29 is 9.18 Å². The Morgan fingerprint density at radius 1 is 1.25 bits per heavy atom. The molecule has 1 aromatic carbocycles. The maximum absolute atomic E-state index is 13.4. The maximum atomic E-state index is 13.4. The molecule has 20 heavy (non-hydrogen) atoms. The summed E-state index contributed by atoms with van der Waals surface area (Å²) in [5.41, 5.74) is 1.77. The quantitative estimate of drug-likeness (QED) is 0.929. The van der Waals surface area contributed by atoms with Crippen molar-refractivity contribution in [3.05, 3.63) is 59.7 Å². The predicted molar refractivity (Wildman–Crippen MR) is 76.1 cm³/mol. The van der Waals surface area contributed by atoms with Gasteiger partial charge in [0.25, 0.3) is 5.91 Å². The number of aromatic nitrogens is 1. The lowest BCUT2D eigenvalue weighted by atomic mass is 10.2. The first-order valence-electron chi connectivity index (χ1n) is 6.23. The number of rotatable bonds is 4. The summed E-state index contributed by atoms with van der Waals surface area (Å²) >= 11 is 0. The third kappa shape index (κ3) is 3.32. The zero-order valence-electron chi connectivity index (χ0n) is 11.4. The van der Waals surface area contributed by atoms with Crippen molar-refractivity contribution >= 4 is 11.6 Å². The van der Waals surface area contributed by atoms with E-state index in [9.17, 15) is 9.18 Å². The van der Waals surface area contributed by atoms with Crippen molar-refractivity contribution in [1.29, 1.82) is 0 Å². The van der Waals surface area contributed by atoms with Gasteiger partial charge in [-0.2, -0.15) is 0 Å². The van der Waals surface area contributed by atoms with Gasteiger partial charge in [0, 0.05) is 31.5 Å². The van der Waals surface area contributed by atoms with Crippen molar-refractivity contribution in [2.45, 2.75) is 6.54 Å². The Morgan fingerprint density at radius 2 is 1.95 bits per heavy atom. The minimum absolute atomic E-state index is 0.0704. The highest BCUT2D eigenvalue weighted by atomic mass is 19.1. The molecule has 5 heteroatoms. The second-order valence-corrected chi connectivity index (χ2v) is 4.56. The van der Waals surface area contributed by atoms with E-state index in [2.05, 4.69) is 10.3 Å². The van der Waals surface area contributed by atoms with Crippen LogP contribution in [0.25, 0.3) is 0 Å². The molecule has 0 saturated carbocycles. The molecule has 0 radical (unpaired) electrons. The molecule has 0 aliphatic heterocycles. The Morgan fingerprint density at radius 3 is 2.55 bits per heavy atom. The molecule has 1 N–H and O–H groups in total. The second-order valence-electron chi connectivity index (χ2n) is 4.56. The summed E-state index contributed by atoms with van der Waals surface area (Å²) < 4.78 is 13.4. The highest BCUT2D eigenvalue weighted by Gasteiger charge is 2.08. The van der Waals surface area contributed by atoms with E-state index in [-0.39, 0.29) is 18.1 Å². The molecule has 0 saturated heterocycles. The normalized spacial score (nSPS) is 10.2. The highest BCUT2D eigenvalue weighted by Crippen LogP contribution is 2.12. The zero-order chi connectivity index (χ0) is 14.5. The van der Waals surface area contributed by atoms with E-state index in [1.165, 1.54) is 18.3 Å². The summed E-state index contributed by atoms with van der Waals surface area (Å²) in [6.45, 7) is 0.0704. The van der Waals surface area contributed by atoms with Crippen LogP contribution in [0.5, 0.6) is 0 Å². The molecule has 2 rings (SSSR count). The fourth-order valence-electron chi connectivity index (χ4n) is 1.73. The number of nitrogens with zero attached hydrogens (tertiary/aromatic N) is 2. The number of carbonyl (C=O) groups is 1. The molecule has 1 amide bonds. The number of anilines is 1. The van der Waals surface area contributed by atoms with E-state index in [1.807, 2.05) is 31.1 Å². The average molecular weight is 273 g/mol. The van der Waals surface area contributed by atoms with Gasteiger partial charge in [-0.25, -0.2) is 4.39 Å². The van der Waals surface area contributed by atoms with E-state index in [0.29, 0.717) is 5.56 Å². The van der Waals surface area contributed by atoms with E-state index in [1.54, 1.807) is 12.1 Å². The van der Waals surface area contributed by atoms with Gasteiger partial charge in [-0.1, -0.05) is 0 Å². The third-order valence-electron chi connectivity index (χ3n) is 2.90. The van der Waals surface area contributed by atoms with Gasteiger partial charge in [0.05, 0.1) is 12.2 Å². The molecule has 0 unspecified atom stereocenters. The van der Waals surface area contributed by atoms with Gasteiger partial charge in [0.15, 0.2) is 0 Å². The highest BCUT2D eigenvalue weighted by molar-refractivity contribution is 5.94. The Balaban J connectivity index is 2.00. The Bertz CT molecular complexity index is 596. The number of carbonyl (C=O) groups excluding carboxylic acids is 1. The van der Waals surface area contributed by atoms with Crippen molar-refractivity contribution in [2.24, 2.45) is 0 Å². The first-order chi connectivity index (χ1) is 9.58. The molecular formula is C15H16FN3O. The monoisotopic (exact) mass is 273 g/mol. The average Bonchev–Trinajstić information content (AvgIpc) is 2.46. The molecule has 0 bridgehead atoms. The number of amides is 1. The molecule has 1 aromatic heterocycles. The Hall–Kier alpha value is -2.43. The van der Waals surface area contributed by atoms with Gasteiger partial charge in [-0.05, 0) is 36.4 Å². The fourth-order valence-corrected chi connectivity index (χ4v) is 1.73. The van der Waals surface area contributed by atoms with Gasteiger partial charge in [0.2, 0.25) is 0 Å². The van der Waals surface area contributed by atoms with Gasteiger partial charge in [0.1, 0.15) is 5.82 Å². The van der Waals surface area contributed by atoms with E-state index in [4.69, 9.17) is 0 Å². The van der Waals surface area contributed by atoms with E-state index < -0.39 is 5.82 Å². The van der Waals surface area contributed by atoms with Crippen LogP contribution in [0.15, 0.2) is 42.6 Å². The van der Waals surface area contributed by atoms with Crippen LogP contribution in [0.3, 0.4) is 0 Å². The zero-order valence-corrected chi connectivity index (χ0v) is 11.4. The molecule has 0 aliphatic carbocycles. The molecule has 104 valence electrons. The van der Waals surface area contributed by atoms with E-state index in [0.717, 1.165) is 5.69 Å². The minimum atomic E-state index is -0.421. The van der Waals surface area contributed by atoms with Gasteiger partial charge < -0.3 is 10.2 Å². The summed E-state index contributed by atoms with van der Waals surface area (Å²) in [5.74, 6) is -0.670. The van der Waals surface area contributed by atoms with Crippen LogP contribution in [0.4, 0.5) is 10.1 Å². The SMILES string of the molecule is CN(C)c1ccc(C(=O)NCc2ncccc2F)cc1. The van der Waals surface area contributed by atoms with Crippen LogP contribution in [-0.4, -0.2) is 25.0 Å². The topological polar surface area (TPSA) is 45.2 Å². The molecule has 0 atom stereocenters. The summed E-state index contributed by atoms with van der Waals surface area (Å²) in [5, 5.41) is 2.65. The fraction of sp³-hybridized carbons (Fsp3) is 0.200. The van der Waals surface area contributed by atoms with Crippen LogP contribution >= 0.6 is 0 Å². The Kier molecular flexibility index (Phi) is 4.30. The van der Waals surface area contributed by atoms with Gasteiger partial charge in [-0.15, -0.1) is 0 Å².